The van der Waals surface area contributed by atoms with Gasteiger partial charge in [-0.15, -0.1) is 5.10 Å². The number of nitrogens with one attached hydrogen (secondary N) is 1. The van der Waals surface area contributed by atoms with E-state index < -0.39 is 0 Å². The molecule has 5 nitrogen and oxygen atoms in total. The van der Waals surface area contributed by atoms with Gasteiger partial charge in [-0.25, -0.2) is 9.97 Å². The molecule has 1 aliphatic rings. The summed E-state index contributed by atoms with van der Waals surface area (Å²) in [6.07, 6.45) is 4.44. The lowest BCUT2D eigenvalue weighted by Gasteiger charge is -2.06. The highest BCUT2D eigenvalue weighted by Crippen LogP contribution is 2.19. The summed E-state index contributed by atoms with van der Waals surface area (Å²) >= 11 is 0. The molecule has 0 aliphatic heterocycles. The van der Waals surface area contributed by atoms with Gasteiger partial charge in [-0.1, -0.05) is 0 Å². The molecule has 0 saturated heterocycles. The Morgan fingerprint density at radius 3 is 2.89 bits per heavy atom. The zero-order chi connectivity index (χ0) is 12.5. The minimum atomic E-state index is 0.719. The predicted molar refractivity (Wildman–Crippen MR) is 68.5 cm³/mol. The molecule has 0 atom stereocenters. The molecule has 1 aliphatic carbocycles. The first-order chi connectivity index (χ1) is 8.72. The Balaban J connectivity index is 1.82. The molecule has 0 spiro atoms. The average Bonchev–Trinajstić information content (AvgIpc) is 3.12. The quantitative estimate of drug-likeness (QED) is 0.884. The summed E-state index contributed by atoms with van der Waals surface area (Å²) in [5.74, 6) is 2.48. The van der Waals surface area contributed by atoms with Gasteiger partial charge >= 0.3 is 0 Å². The van der Waals surface area contributed by atoms with Gasteiger partial charge in [0, 0.05) is 18.8 Å². The molecule has 1 saturated carbocycles. The monoisotopic (exact) mass is 243 g/mol. The van der Waals surface area contributed by atoms with E-state index in [0.717, 1.165) is 30.1 Å². The molecule has 0 bridgehead atoms. The lowest BCUT2D eigenvalue weighted by atomic mass is 10.2. The maximum absolute atomic E-state index is 4.36. The number of rotatable bonds is 4. The van der Waals surface area contributed by atoms with E-state index in [1.165, 1.54) is 18.4 Å². The molecule has 2 heterocycles. The fourth-order valence-electron chi connectivity index (χ4n) is 1.97. The van der Waals surface area contributed by atoms with E-state index in [1.54, 1.807) is 4.68 Å². The lowest BCUT2D eigenvalue weighted by Crippen LogP contribution is -2.15. The van der Waals surface area contributed by atoms with Crippen LogP contribution in [0.1, 0.15) is 30.1 Å². The average molecular weight is 243 g/mol. The largest absolute Gasteiger partial charge is 0.310 e. The lowest BCUT2D eigenvalue weighted by molar-refractivity contribution is 0.685. The molecule has 0 amide bonds. The predicted octanol–water partition coefficient (Wildman–Crippen LogP) is 1.53. The van der Waals surface area contributed by atoms with Gasteiger partial charge in [0.05, 0.1) is 0 Å². The summed E-state index contributed by atoms with van der Waals surface area (Å²) in [4.78, 5) is 8.66. The minimum Gasteiger partial charge on any atom is -0.310 e. The topological polar surface area (TPSA) is 55.6 Å². The third kappa shape index (κ3) is 2.41. The first-order valence-corrected chi connectivity index (χ1v) is 6.31. The number of aromatic nitrogens is 4. The van der Waals surface area contributed by atoms with Crippen LogP contribution in [0.3, 0.4) is 0 Å². The molecule has 2 aromatic rings. The van der Waals surface area contributed by atoms with Crippen LogP contribution >= 0.6 is 0 Å². The van der Waals surface area contributed by atoms with Crippen molar-refractivity contribution in [3.8, 4) is 5.82 Å². The van der Waals surface area contributed by atoms with Crippen LogP contribution in [-0.2, 0) is 6.54 Å². The van der Waals surface area contributed by atoms with Crippen molar-refractivity contribution in [3.05, 3.63) is 35.5 Å². The molecule has 18 heavy (non-hydrogen) atoms. The van der Waals surface area contributed by atoms with Crippen LogP contribution in [0.4, 0.5) is 0 Å². The van der Waals surface area contributed by atoms with Crippen LogP contribution in [0.5, 0.6) is 0 Å². The molecule has 3 rings (SSSR count). The number of hydrogen-bond acceptors (Lipinski definition) is 4. The van der Waals surface area contributed by atoms with E-state index in [0.29, 0.717) is 0 Å². The van der Waals surface area contributed by atoms with Crippen LogP contribution in [-0.4, -0.2) is 25.8 Å². The molecule has 1 fully saturated rings. The van der Waals surface area contributed by atoms with E-state index in [1.807, 2.05) is 26.1 Å². The first kappa shape index (κ1) is 11.3. The second kappa shape index (κ2) is 4.49. The van der Waals surface area contributed by atoms with Gasteiger partial charge in [-0.2, -0.15) is 4.68 Å². The van der Waals surface area contributed by atoms with Gasteiger partial charge in [-0.05, 0) is 44.4 Å². The van der Waals surface area contributed by atoms with Gasteiger partial charge < -0.3 is 5.32 Å². The van der Waals surface area contributed by atoms with Crippen LogP contribution in [0.25, 0.3) is 5.82 Å². The highest BCUT2D eigenvalue weighted by molar-refractivity contribution is 5.28. The Kier molecular flexibility index (Phi) is 2.83. The number of pyridine rings is 1. The summed E-state index contributed by atoms with van der Waals surface area (Å²) in [7, 11) is 0. The molecule has 0 radical (unpaired) electrons. The SMILES string of the molecule is Cc1nc(C)n(-c2cc(CNC3CC3)ccn2)n1. The van der Waals surface area contributed by atoms with Crippen molar-refractivity contribution in [1.82, 2.24) is 25.1 Å². The normalized spacial score (nSPS) is 15.0. The molecule has 0 unspecified atom stereocenters. The molecule has 1 N–H and O–H groups in total. The first-order valence-electron chi connectivity index (χ1n) is 6.31. The minimum absolute atomic E-state index is 0.719. The van der Waals surface area contributed by atoms with Gasteiger partial charge in [0.2, 0.25) is 0 Å². The van der Waals surface area contributed by atoms with Gasteiger partial charge in [-0.3, -0.25) is 0 Å². The molecule has 5 heteroatoms. The Bertz CT molecular complexity index is 556. The van der Waals surface area contributed by atoms with Crippen molar-refractivity contribution in [2.24, 2.45) is 0 Å². The molecule has 0 aromatic carbocycles. The molecule has 2 aromatic heterocycles. The van der Waals surface area contributed by atoms with E-state index >= 15 is 0 Å². The molecule has 94 valence electrons. The second-order valence-electron chi connectivity index (χ2n) is 4.80. The number of nitrogens with zero attached hydrogens (tertiary/aromatic N) is 4. The van der Waals surface area contributed by atoms with Crippen LogP contribution in [0.2, 0.25) is 0 Å². The third-order valence-electron chi connectivity index (χ3n) is 3.07. The zero-order valence-electron chi connectivity index (χ0n) is 10.7. The van der Waals surface area contributed by atoms with Crippen LogP contribution in [0.15, 0.2) is 18.3 Å². The van der Waals surface area contributed by atoms with E-state index in [-0.39, 0.29) is 0 Å². The van der Waals surface area contributed by atoms with Gasteiger partial charge in [0.15, 0.2) is 5.82 Å². The summed E-state index contributed by atoms with van der Waals surface area (Å²) in [6, 6.07) is 4.83. The fraction of sp³-hybridized carbons (Fsp3) is 0.462. The second-order valence-corrected chi connectivity index (χ2v) is 4.80. The smallest absolute Gasteiger partial charge is 0.155 e. The summed E-state index contributed by atoms with van der Waals surface area (Å²) in [5.41, 5.74) is 1.24. The van der Waals surface area contributed by atoms with Crippen molar-refractivity contribution in [3.63, 3.8) is 0 Å². The van der Waals surface area contributed by atoms with E-state index in [4.69, 9.17) is 0 Å². The standard InChI is InChI=1S/C13H17N5/c1-9-16-10(2)18(17-9)13-7-11(5-6-14-13)8-15-12-3-4-12/h5-7,12,15H,3-4,8H2,1-2H3. The molecular weight excluding hydrogens is 226 g/mol. The van der Waals surface area contributed by atoms with Crippen molar-refractivity contribution >= 4 is 0 Å². The van der Waals surface area contributed by atoms with E-state index in [9.17, 15) is 0 Å². The summed E-state index contributed by atoms with van der Waals surface area (Å²) in [5, 5.41) is 7.85. The highest BCUT2D eigenvalue weighted by atomic mass is 15.4. The Labute approximate surface area is 106 Å². The highest BCUT2D eigenvalue weighted by Gasteiger charge is 2.20. The van der Waals surface area contributed by atoms with Gasteiger partial charge in [0.25, 0.3) is 0 Å². The van der Waals surface area contributed by atoms with Crippen molar-refractivity contribution in [1.29, 1.82) is 0 Å². The summed E-state index contributed by atoms with van der Waals surface area (Å²) in [6.45, 7) is 4.73. The number of hydrogen-bond donors (Lipinski definition) is 1. The zero-order valence-corrected chi connectivity index (χ0v) is 10.7. The maximum atomic E-state index is 4.36. The fourth-order valence-corrected chi connectivity index (χ4v) is 1.97. The van der Waals surface area contributed by atoms with Crippen molar-refractivity contribution < 1.29 is 0 Å². The van der Waals surface area contributed by atoms with Crippen molar-refractivity contribution in [2.45, 2.75) is 39.3 Å². The van der Waals surface area contributed by atoms with Crippen LogP contribution < -0.4 is 5.32 Å². The van der Waals surface area contributed by atoms with Crippen LogP contribution in [0, 0.1) is 13.8 Å². The maximum Gasteiger partial charge on any atom is 0.155 e. The summed E-state index contributed by atoms with van der Waals surface area (Å²) < 4.78 is 1.79. The molecular formula is C13H17N5. The van der Waals surface area contributed by atoms with Gasteiger partial charge in [0.1, 0.15) is 11.6 Å². The van der Waals surface area contributed by atoms with E-state index in [2.05, 4.69) is 26.4 Å². The van der Waals surface area contributed by atoms with Crippen molar-refractivity contribution in [2.75, 3.05) is 0 Å². The Morgan fingerprint density at radius 2 is 2.22 bits per heavy atom. The Hall–Kier alpha value is -1.75. The Morgan fingerprint density at radius 1 is 1.39 bits per heavy atom. The third-order valence-corrected chi connectivity index (χ3v) is 3.07. The number of aryl methyl sites for hydroxylation is 2.